The second-order valence-corrected chi connectivity index (χ2v) is 4.58. The minimum Gasteiger partial charge on any atom is -0.466 e. The maximum Gasteiger partial charge on any atom is 0.305 e. The first-order chi connectivity index (χ1) is 9.20. The molecule has 0 amide bonds. The Morgan fingerprint density at radius 2 is 0.947 bits per heavy atom. The summed E-state index contributed by atoms with van der Waals surface area (Å²) in [6, 6.07) is 0. The SMILES string of the molecule is CCOC(=O)CCCCCCCCCC(=O)OCC. The molecule has 4 nitrogen and oxygen atoms in total. The van der Waals surface area contributed by atoms with Crippen LogP contribution >= 0.6 is 0 Å². The van der Waals surface area contributed by atoms with Crippen LogP contribution in [0.1, 0.15) is 71.6 Å². The van der Waals surface area contributed by atoms with Crippen molar-refractivity contribution in [3.05, 3.63) is 0 Å². The Bertz CT molecular complexity index is 214. The molecule has 0 heterocycles. The van der Waals surface area contributed by atoms with Crippen molar-refractivity contribution in [2.45, 2.75) is 71.6 Å². The first-order valence-corrected chi connectivity index (χ1v) is 7.52. The van der Waals surface area contributed by atoms with Gasteiger partial charge in [0.25, 0.3) is 0 Å². The van der Waals surface area contributed by atoms with Crippen molar-refractivity contribution in [2.24, 2.45) is 0 Å². The van der Waals surface area contributed by atoms with E-state index in [1.807, 2.05) is 13.8 Å². The van der Waals surface area contributed by atoms with Crippen LogP contribution in [0, 0.1) is 0 Å². The fourth-order valence-electron chi connectivity index (χ4n) is 1.89. The van der Waals surface area contributed by atoms with Crippen molar-refractivity contribution in [3.8, 4) is 0 Å². The van der Waals surface area contributed by atoms with Gasteiger partial charge in [-0.25, -0.2) is 0 Å². The Balaban J connectivity index is 3.15. The van der Waals surface area contributed by atoms with Crippen LogP contribution in [0.3, 0.4) is 0 Å². The highest BCUT2D eigenvalue weighted by molar-refractivity contribution is 5.69. The molecule has 0 fully saturated rings. The number of rotatable bonds is 12. The monoisotopic (exact) mass is 272 g/mol. The quantitative estimate of drug-likeness (QED) is 0.402. The van der Waals surface area contributed by atoms with Gasteiger partial charge in [0.05, 0.1) is 13.2 Å². The van der Waals surface area contributed by atoms with Gasteiger partial charge in [0.1, 0.15) is 0 Å². The lowest BCUT2D eigenvalue weighted by Gasteiger charge is -2.03. The third-order valence-corrected chi connectivity index (χ3v) is 2.87. The van der Waals surface area contributed by atoms with E-state index in [2.05, 4.69) is 0 Å². The molecule has 0 aromatic carbocycles. The smallest absolute Gasteiger partial charge is 0.305 e. The molecule has 19 heavy (non-hydrogen) atoms. The van der Waals surface area contributed by atoms with Crippen LogP contribution in [-0.2, 0) is 19.1 Å². The summed E-state index contributed by atoms with van der Waals surface area (Å²) in [5.41, 5.74) is 0. The predicted octanol–water partition coefficient (Wildman–Crippen LogP) is 3.62. The molecule has 0 spiro atoms. The Hall–Kier alpha value is -1.06. The summed E-state index contributed by atoms with van der Waals surface area (Å²) in [4.78, 5) is 22.1. The standard InChI is InChI=1S/C15H28O4/c1-3-18-14(16)12-10-8-6-5-7-9-11-13-15(17)19-4-2/h3-13H2,1-2H3. The summed E-state index contributed by atoms with van der Waals surface area (Å²) in [7, 11) is 0. The van der Waals surface area contributed by atoms with E-state index in [1.165, 1.54) is 6.42 Å². The van der Waals surface area contributed by atoms with Gasteiger partial charge in [-0.15, -0.1) is 0 Å². The van der Waals surface area contributed by atoms with E-state index in [4.69, 9.17) is 9.47 Å². The van der Waals surface area contributed by atoms with Crippen LogP contribution in [0.4, 0.5) is 0 Å². The van der Waals surface area contributed by atoms with Gasteiger partial charge in [-0.05, 0) is 26.7 Å². The maximum absolute atomic E-state index is 11.1. The molecular weight excluding hydrogens is 244 g/mol. The number of hydrogen-bond acceptors (Lipinski definition) is 4. The normalized spacial score (nSPS) is 10.2. The van der Waals surface area contributed by atoms with E-state index in [0.29, 0.717) is 26.1 Å². The summed E-state index contributed by atoms with van der Waals surface area (Å²) >= 11 is 0. The molecule has 0 atom stereocenters. The first-order valence-electron chi connectivity index (χ1n) is 7.52. The van der Waals surface area contributed by atoms with E-state index in [1.54, 1.807) is 0 Å². The summed E-state index contributed by atoms with van der Waals surface area (Å²) < 4.78 is 9.72. The second-order valence-electron chi connectivity index (χ2n) is 4.58. The van der Waals surface area contributed by atoms with E-state index >= 15 is 0 Å². The zero-order valence-electron chi connectivity index (χ0n) is 12.4. The van der Waals surface area contributed by atoms with E-state index in [0.717, 1.165) is 38.5 Å². The lowest BCUT2D eigenvalue weighted by Crippen LogP contribution is -2.03. The number of unbranched alkanes of at least 4 members (excludes halogenated alkanes) is 6. The van der Waals surface area contributed by atoms with Gasteiger partial charge in [-0.3, -0.25) is 9.59 Å². The summed E-state index contributed by atoms with van der Waals surface area (Å²) in [6.07, 6.45) is 8.55. The van der Waals surface area contributed by atoms with Gasteiger partial charge in [0.15, 0.2) is 0 Å². The summed E-state index contributed by atoms with van der Waals surface area (Å²) in [6.45, 7) is 4.60. The molecule has 112 valence electrons. The molecule has 0 N–H and O–H groups in total. The highest BCUT2D eigenvalue weighted by Crippen LogP contribution is 2.10. The Kier molecular flexibility index (Phi) is 12.6. The van der Waals surface area contributed by atoms with Crippen molar-refractivity contribution in [2.75, 3.05) is 13.2 Å². The van der Waals surface area contributed by atoms with Crippen molar-refractivity contribution in [1.29, 1.82) is 0 Å². The fraction of sp³-hybridized carbons (Fsp3) is 0.867. The van der Waals surface area contributed by atoms with Crippen LogP contribution in [0.2, 0.25) is 0 Å². The summed E-state index contributed by atoms with van der Waals surface area (Å²) in [5.74, 6) is -0.172. The molecule has 0 aliphatic carbocycles. The van der Waals surface area contributed by atoms with Crippen LogP contribution < -0.4 is 0 Å². The third kappa shape index (κ3) is 13.2. The fourth-order valence-corrected chi connectivity index (χ4v) is 1.89. The van der Waals surface area contributed by atoms with Gasteiger partial charge in [0.2, 0.25) is 0 Å². The number of esters is 2. The number of ether oxygens (including phenoxy) is 2. The molecule has 0 aliphatic rings. The molecule has 0 unspecified atom stereocenters. The molecule has 0 bridgehead atoms. The van der Waals surface area contributed by atoms with Gasteiger partial charge in [0, 0.05) is 12.8 Å². The molecular formula is C15H28O4. The minimum absolute atomic E-state index is 0.0862. The zero-order chi connectivity index (χ0) is 14.3. The maximum atomic E-state index is 11.1. The molecule has 0 aromatic rings. The highest BCUT2D eigenvalue weighted by Gasteiger charge is 2.02. The van der Waals surface area contributed by atoms with Crippen LogP contribution in [0.15, 0.2) is 0 Å². The summed E-state index contributed by atoms with van der Waals surface area (Å²) in [5, 5.41) is 0. The molecule has 0 saturated carbocycles. The van der Waals surface area contributed by atoms with E-state index < -0.39 is 0 Å². The lowest BCUT2D eigenvalue weighted by molar-refractivity contribution is -0.144. The zero-order valence-corrected chi connectivity index (χ0v) is 12.4. The largest absolute Gasteiger partial charge is 0.466 e. The van der Waals surface area contributed by atoms with Crippen LogP contribution in [0.5, 0.6) is 0 Å². The van der Waals surface area contributed by atoms with Gasteiger partial charge in [-0.2, -0.15) is 0 Å². The Morgan fingerprint density at radius 3 is 1.26 bits per heavy atom. The number of hydrogen-bond donors (Lipinski definition) is 0. The van der Waals surface area contributed by atoms with Crippen molar-refractivity contribution in [1.82, 2.24) is 0 Å². The molecule has 0 aliphatic heterocycles. The van der Waals surface area contributed by atoms with Gasteiger partial charge >= 0.3 is 11.9 Å². The van der Waals surface area contributed by atoms with E-state index in [-0.39, 0.29) is 11.9 Å². The first kappa shape index (κ1) is 17.9. The molecule has 0 rings (SSSR count). The lowest BCUT2D eigenvalue weighted by atomic mass is 10.1. The molecule has 0 aromatic heterocycles. The average Bonchev–Trinajstić information content (AvgIpc) is 2.37. The second kappa shape index (κ2) is 13.4. The number of carbonyl (C=O) groups excluding carboxylic acids is 2. The molecule has 4 heteroatoms. The van der Waals surface area contributed by atoms with Crippen LogP contribution in [-0.4, -0.2) is 25.2 Å². The Morgan fingerprint density at radius 1 is 0.632 bits per heavy atom. The van der Waals surface area contributed by atoms with Gasteiger partial charge in [-0.1, -0.05) is 32.1 Å². The van der Waals surface area contributed by atoms with Crippen LogP contribution in [0.25, 0.3) is 0 Å². The van der Waals surface area contributed by atoms with Crippen molar-refractivity contribution >= 4 is 11.9 Å². The number of carbonyl (C=O) groups is 2. The average molecular weight is 272 g/mol. The van der Waals surface area contributed by atoms with Crippen molar-refractivity contribution < 1.29 is 19.1 Å². The Labute approximate surface area is 116 Å². The van der Waals surface area contributed by atoms with Crippen molar-refractivity contribution in [3.63, 3.8) is 0 Å². The predicted molar refractivity (Wildman–Crippen MR) is 74.8 cm³/mol. The van der Waals surface area contributed by atoms with Gasteiger partial charge < -0.3 is 9.47 Å². The molecule has 0 saturated heterocycles. The molecule has 0 radical (unpaired) electrons. The minimum atomic E-state index is -0.0862. The highest BCUT2D eigenvalue weighted by atomic mass is 16.5. The third-order valence-electron chi connectivity index (χ3n) is 2.87. The van der Waals surface area contributed by atoms with E-state index in [9.17, 15) is 9.59 Å². The topological polar surface area (TPSA) is 52.6 Å².